The highest BCUT2D eigenvalue weighted by Crippen LogP contribution is 2.29. The van der Waals surface area contributed by atoms with Gasteiger partial charge in [0.15, 0.2) is 5.96 Å². The number of aryl methyl sites for hydroxylation is 1. The Morgan fingerprint density at radius 2 is 2.22 bits per heavy atom. The van der Waals surface area contributed by atoms with Gasteiger partial charge < -0.3 is 10.6 Å². The van der Waals surface area contributed by atoms with Crippen molar-refractivity contribution in [3.05, 3.63) is 29.6 Å². The Labute approximate surface area is 161 Å². The van der Waals surface area contributed by atoms with Crippen LogP contribution in [0, 0.1) is 6.92 Å². The van der Waals surface area contributed by atoms with Gasteiger partial charge >= 0.3 is 0 Å². The summed E-state index contributed by atoms with van der Waals surface area (Å²) in [6.07, 6.45) is 5.63. The molecule has 1 heterocycles. The number of hydrogen-bond donors (Lipinski definition) is 2. The van der Waals surface area contributed by atoms with E-state index in [1.165, 1.54) is 30.6 Å². The summed E-state index contributed by atoms with van der Waals surface area (Å²) >= 11 is 2.08. The summed E-state index contributed by atoms with van der Waals surface area (Å²) in [5, 5.41) is 7.75. The van der Waals surface area contributed by atoms with Crippen LogP contribution in [0.4, 0.5) is 0 Å². The minimum Gasteiger partial charge on any atom is -0.357 e. The molecular formula is C17H29IN4S. The van der Waals surface area contributed by atoms with E-state index < -0.39 is 0 Å². The molecule has 2 N–H and O–H groups in total. The predicted molar refractivity (Wildman–Crippen MR) is 112 cm³/mol. The average molecular weight is 448 g/mol. The van der Waals surface area contributed by atoms with Crippen LogP contribution >= 0.6 is 35.7 Å². The van der Waals surface area contributed by atoms with Crippen LogP contribution in [0.5, 0.6) is 0 Å². The first-order valence-corrected chi connectivity index (χ1v) is 9.34. The van der Waals surface area contributed by atoms with Crippen LogP contribution in [0.15, 0.2) is 23.3 Å². The van der Waals surface area contributed by atoms with Crippen molar-refractivity contribution in [3.8, 4) is 0 Å². The average Bonchev–Trinajstić information content (AvgIpc) is 2.94. The van der Waals surface area contributed by atoms with Crippen LogP contribution in [-0.2, 0) is 6.54 Å². The number of aliphatic imine (C=N–C) groups is 1. The van der Waals surface area contributed by atoms with Crippen molar-refractivity contribution in [1.29, 1.82) is 0 Å². The van der Waals surface area contributed by atoms with Gasteiger partial charge in [0, 0.05) is 24.0 Å². The maximum absolute atomic E-state index is 4.70. The Hall–Kier alpha value is -0.500. The van der Waals surface area contributed by atoms with Crippen molar-refractivity contribution in [2.75, 3.05) is 12.3 Å². The molecule has 1 aromatic rings. The van der Waals surface area contributed by atoms with Crippen LogP contribution in [0.25, 0.3) is 0 Å². The summed E-state index contributed by atoms with van der Waals surface area (Å²) in [5.41, 5.74) is 2.24. The van der Waals surface area contributed by atoms with E-state index in [4.69, 9.17) is 4.99 Å². The number of rotatable bonds is 6. The highest BCUT2D eigenvalue weighted by Gasteiger charge is 2.25. The van der Waals surface area contributed by atoms with E-state index in [2.05, 4.69) is 54.2 Å². The van der Waals surface area contributed by atoms with Crippen molar-refractivity contribution in [3.63, 3.8) is 0 Å². The largest absolute Gasteiger partial charge is 0.357 e. The van der Waals surface area contributed by atoms with E-state index in [0.717, 1.165) is 23.4 Å². The molecule has 23 heavy (non-hydrogen) atoms. The van der Waals surface area contributed by atoms with Crippen molar-refractivity contribution >= 4 is 41.7 Å². The molecule has 2 unspecified atom stereocenters. The molecule has 0 aromatic carbocycles. The van der Waals surface area contributed by atoms with Crippen LogP contribution < -0.4 is 10.6 Å². The fourth-order valence-corrected chi connectivity index (χ4v) is 3.95. The fourth-order valence-electron chi connectivity index (χ4n) is 2.81. The number of nitrogens with one attached hydrogen (secondary N) is 2. The summed E-state index contributed by atoms with van der Waals surface area (Å²) in [7, 11) is 0. The van der Waals surface area contributed by atoms with Gasteiger partial charge in [0.25, 0.3) is 0 Å². The zero-order chi connectivity index (χ0) is 15.8. The normalized spacial score (nSPS) is 20.9. The Bertz CT molecular complexity index is 495. The Kier molecular flexibility index (Phi) is 9.94. The van der Waals surface area contributed by atoms with Crippen LogP contribution in [-0.4, -0.2) is 34.5 Å². The van der Waals surface area contributed by atoms with Crippen molar-refractivity contribution < 1.29 is 0 Å². The first-order chi connectivity index (χ1) is 10.7. The quantitative estimate of drug-likeness (QED) is 0.396. The lowest BCUT2D eigenvalue weighted by Gasteiger charge is -2.17. The summed E-state index contributed by atoms with van der Waals surface area (Å²) < 4.78 is 0. The monoisotopic (exact) mass is 448 g/mol. The molecule has 6 heteroatoms. The van der Waals surface area contributed by atoms with Crippen LogP contribution in [0.3, 0.4) is 0 Å². The van der Waals surface area contributed by atoms with Gasteiger partial charge in [0.1, 0.15) is 0 Å². The predicted octanol–water partition coefficient (Wildman–Crippen LogP) is 3.74. The molecule has 1 saturated carbocycles. The number of halogens is 1. The highest BCUT2D eigenvalue weighted by atomic mass is 127. The van der Waals surface area contributed by atoms with Gasteiger partial charge in [-0.2, -0.15) is 11.8 Å². The lowest BCUT2D eigenvalue weighted by Crippen LogP contribution is -2.42. The second-order valence-electron chi connectivity index (χ2n) is 5.69. The van der Waals surface area contributed by atoms with E-state index >= 15 is 0 Å². The molecule has 2 atom stereocenters. The zero-order valence-corrected chi connectivity index (χ0v) is 17.5. The number of hydrogen-bond acceptors (Lipinski definition) is 3. The fraction of sp³-hybridized carbons (Fsp3) is 0.647. The summed E-state index contributed by atoms with van der Waals surface area (Å²) in [6.45, 7) is 7.94. The Morgan fingerprint density at radius 3 is 2.91 bits per heavy atom. The van der Waals surface area contributed by atoms with Crippen molar-refractivity contribution in [2.24, 2.45) is 4.99 Å². The van der Waals surface area contributed by atoms with Gasteiger partial charge in [-0.3, -0.25) is 4.98 Å². The van der Waals surface area contributed by atoms with Crippen molar-refractivity contribution in [1.82, 2.24) is 15.6 Å². The highest BCUT2D eigenvalue weighted by molar-refractivity contribution is 14.0. The van der Waals surface area contributed by atoms with Gasteiger partial charge in [0.2, 0.25) is 0 Å². The van der Waals surface area contributed by atoms with Gasteiger partial charge in [-0.15, -0.1) is 24.0 Å². The van der Waals surface area contributed by atoms with E-state index in [1.54, 1.807) is 0 Å². The molecule has 0 radical (unpaired) electrons. The SMILES string of the molecule is CCNC(=NCc1ncccc1C)NC1CCC(SCC)C1.I. The lowest BCUT2D eigenvalue weighted by molar-refractivity contribution is 0.614. The Balaban J connectivity index is 0.00000264. The molecule has 0 amide bonds. The first kappa shape index (κ1) is 20.5. The maximum atomic E-state index is 4.70. The topological polar surface area (TPSA) is 49.3 Å². The van der Waals surface area contributed by atoms with Gasteiger partial charge in [-0.05, 0) is 50.5 Å². The molecule has 1 aliphatic carbocycles. The number of aromatic nitrogens is 1. The second-order valence-corrected chi connectivity index (χ2v) is 7.27. The first-order valence-electron chi connectivity index (χ1n) is 8.29. The number of guanidine groups is 1. The van der Waals surface area contributed by atoms with Gasteiger partial charge in [-0.1, -0.05) is 13.0 Å². The van der Waals surface area contributed by atoms with Crippen LogP contribution in [0.1, 0.15) is 44.4 Å². The molecule has 4 nitrogen and oxygen atoms in total. The summed E-state index contributed by atoms with van der Waals surface area (Å²) in [4.78, 5) is 9.12. The molecule has 130 valence electrons. The molecule has 0 spiro atoms. The molecule has 0 saturated heterocycles. The number of nitrogens with zero attached hydrogens (tertiary/aromatic N) is 2. The smallest absolute Gasteiger partial charge is 0.191 e. The molecular weight excluding hydrogens is 419 g/mol. The minimum absolute atomic E-state index is 0. The van der Waals surface area contributed by atoms with Gasteiger partial charge in [0.05, 0.1) is 12.2 Å². The third kappa shape index (κ3) is 6.87. The third-order valence-electron chi connectivity index (χ3n) is 3.98. The standard InChI is InChI=1S/C17H28N4S.HI/c1-4-18-17(20-12-16-13(3)7-6-10-19-16)21-14-8-9-15(11-14)22-5-2;/h6-7,10,14-15H,4-5,8-9,11-12H2,1-3H3,(H2,18,20,21);1H. The molecule has 1 aromatic heterocycles. The summed E-state index contributed by atoms with van der Waals surface area (Å²) in [5.74, 6) is 2.13. The Morgan fingerprint density at radius 1 is 1.39 bits per heavy atom. The number of pyridine rings is 1. The lowest BCUT2D eigenvalue weighted by atomic mass is 10.2. The van der Waals surface area contributed by atoms with E-state index in [9.17, 15) is 0 Å². The van der Waals surface area contributed by atoms with Crippen molar-refractivity contribution in [2.45, 2.75) is 57.9 Å². The zero-order valence-electron chi connectivity index (χ0n) is 14.3. The molecule has 2 rings (SSSR count). The number of thioether (sulfide) groups is 1. The van der Waals surface area contributed by atoms with Crippen LogP contribution in [0.2, 0.25) is 0 Å². The minimum atomic E-state index is 0. The summed E-state index contributed by atoms with van der Waals surface area (Å²) in [6, 6.07) is 4.60. The maximum Gasteiger partial charge on any atom is 0.191 e. The molecule has 1 aliphatic rings. The molecule has 1 fully saturated rings. The van der Waals surface area contributed by atoms with E-state index in [1.807, 2.05) is 12.3 Å². The molecule has 0 bridgehead atoms. The molecule has 0 aliphatic heterocycles. The van der Waals surface area contributed by atoms with Gasteiger partial charge in [-0.25, -0.2) is 4.99 Å². The van der Waals surface area contributed by atoms with E-state index in [0.29, 0.717) is 12.6 Å². The third-order valence-corrected chi connectivity index (χ3v) is 5.21. The van der Waals surface area contributed by atoms with E-state index in [-0.39, 0.29) is 24.0 Å². The second kappa shape index (κ2) is 11.1.